The van der Waals surface area contributed by atoms with E-state index < -0.39 is 5.41 Å². The van der Waals surface area contributed by atoms with Crippen LogP contribution >= 0.6 is 0 Å². The van der Waals surface area contributed by atoms with Gasteiger partial charge in [0.1, 0.15) is 0 Å². The zero-order valence-corrected chi connectivity index (χ0v) is 36.9. The van der Waals surface area contributed by atoms with Crippen molar-refractivity contribution < 1.29 is 0 Å². The van der Waals surface area contributed by atoms with Gasteiger partial charge in [-0.3, -0.25) is 0 Å². The Bertz CT molecular complexity index is 4210. The van der Waals surface area contributed by atoms with E-state index in [9.17, 15) is 0 Å². The van der Waals surface area contributed by atoms with E-state index >= 15 is 0 Å². The molecule has 68 heavy (non-hydrogen) atoms. The molecule has 2 aromatic heterocycles. The summed E-state index contributed by atoms with van der Waals surface area (Å²) in [5.41, 5.74) is 21.3. The molecule has 0 saturated carbocycles. The van der Waals surface area contributed by atoms with Gasteiger partial charge in [-0.05, 0) is 109 Å². The molecular formula is C65H39N3. The van der Waals surface area contributed by atoms with Crippen LogP contribution in [0.3, 0.4) is 0 Å². The molecule has 2 aliphatic carbocycles. The molecule has 3 nitrogen and oxygen atoms in total. The van der Waals surface area contributed by atoms with Gasteiger partial charge in [0, 0.05) is 38.4 Å². The quantitative estimate of drug-likeness (QED) is 0.165. The van der Waals surface area contributed by atoms with E-state index in [0.29, 0.717) is 0 Å². The number of nitrogens with zero attached hydrogens (tertiary/aromatic N) is 3. The Morgan fingerprint density at radius 1 is 0.279 bits per heavy atom. The monoisotopic (exact) mass is 861 g/mol. The molecule has 1 spiro atoms. The van der Waals surface area contributed by atoms with E-state index in [1.54, 1.807) is 0 Å². The van der Waals surface area contributed by atoms with Crippen LogP contribution in [0.4, 0.5) is 0 Å². The minimum absolute atomic E-state index is 0.481. The zero-order chi connectivity index (χ0) is 44.5. The normalized spacial score (nSPS) is 13.1. The summed E-state index contributed by atoms with van der Waals surface area (Å²) in [5, 5.41) is 7.01. The second kappa shape index (κ2) is 14.0. The van der Waals surface area contributed by atoms with E-state index in [4.69, 9.17) is 9.97 Å². The van der Waals surface area contributed by atoms with Crippen molar-refractivity contribution in [3.8, 4) is 61.6 Å². The second-order valence-electron chi connectivity index (χ2n) is 18.4. The van der Waals surface area contributed by atoms with Crippen LogP contribution in [0.25, 0.3) is 116 Å². The van der Waals surface area contributed by atoms with Crippen molar-refractivity contribution >= 4 is 54.4 Å². The smallest absolute Gasteiger partial charge is 0.0979 e. The zero-order valence-electron chi connectivity index (χ0n) is 36.9. The van der Waals surface area contributed by atoms with Gasteiger partial charge < -0.3 is 4.57 Å². The average Bonchev–Trinajstić information content (AvgIpc) is 4.02. The number of hydrogen-bond donors (Lipinski definition) is 0. The van der Waals surface area contributed by atoms with Gasteiger partial charge in [0.25, 0.3) is 0 Å². The van der Waals surface area contributed by atoms with Crippen LogP contribution < -0.4 is 0 Å². The summed E-state index contributed by atoms with van der Waals surface area (Å²) >= 11 is 0. The van der Waals surface area contributed by atoms with Gasteiger partial charge in [-0.15, -0.1) is 0 Å². The van der Waals surface area contributed by atoms with E-state index in [1.807, 2.05) is 0 Å². The molecule has 0 saturated heterocycles. The molecule has 11 aromatic carbocycles. The molecule has 0 fully saturated rings. The van der Waals surface area contributed by atoms with Crippen LogP contribution in [0.1, 0.15) is 22.3 Å². The number of hydrogen-bond acceptors (Lipinski definition) is 2. The SMILES string of the molecule is c1ccc(-n2c3ccccc3c3cc(-c4cccc(-c5nc6c7ccccc7c7ccccc7c6nc5-c5ccc6c(c5)C5(c7ccccc7-c7ccccc75)c5ccccc5-6)c4)ccc32)cc1. The minimum atomic E-state index is -0.481. The summed E-state index contributed by atoms with van der Waals surface area (Å²) in [4.78, 5) is 11.6. The predicted molar refractivity (Wildman–Crippen MR) is 281 cm³/mol. The number of fused-ring (bicyclic) bond motifs is 19. The Kier molecular flexibility index (Phi) is 7.71. The van der Waals surface area contributed by atoms with Crippen molar-refractivity contribution in [1.82, 2.24) is 14.5 Å². The number of benzene rings is 11. The lowest BCUT2D eigenvalue weighted by Gasteiger charge is -2.30. The van der Waals surface area contributed by atoms with Crippen molar-refractivity contribution in [2.75, 3.05) is 0 Å². The van der Waals surface area contributed by atoms with Gasteiger partial charge >= 0.3 is 0 Å². The molecule has 0 atom stereocenters. The van der Waals surface area contributed by atoms with Crippen LogP contribution in [-0.2, 0) is 5.41 Å². The third kappa shape index (κ3) is 5.02. The van der Waals surface area contributed by atoms with Crippen molar-refractivity contribution in [2.45, 2.75) is 5.41 Å². The largest absolute Gasteiger partial charge is 0.309 e. The predicted octanol–water partition coefficient (Wildman–Crippen LogP) is 16.4. The molecule has 2 heterocycles. The Balaban J connectivity index is 0.987. The van der Waals surface area contributed by atoms with Gasteiger partial charge in [-0.25, -0.2) is 9.97 Å². The Hall–Kier alpha value is -8.92. The first-order chi connectivity index (χ1) is 33.7. The number of aromatic nitrogens is 3. The highest BCUT2D eigenvalue weighted by molar-refractivity contribution is 6.23. The fourth-order valence-corrected chi connectivity index (χ4v) is 12.2. The van der Waals surface area contributed by atoms with Crippen molar-refractivity contribution in [3.63, 3.8) is 0 Å². The summed E-state index contributed by atoms with van der Waals surface area (Å²) in [6.45, 7) is 0. The highest BCUT2D eigenvalue weighted by Crippen LogP contribution is 2.63. The van der Waals surface area contributed by atoms with Gasteiger partial charge in [0.05, 0.1) is 38.9 Å². The summed E-state index contributed by atoms with van der Waals surface area (Å²) in [5.74, 6) is 0. The van der Waals surface area contributed by atoms with Crippen molar-refractivity contribution in [2.24, 2.45) is 0 Å². The van der Waals surface area contributed by atoms with E-state index in [1.165, 1.54) is 77.1 Å². The average molecular weight is 862 g/mol. The minimum Gasteiger partial charge on any atom is -0.309 e. The fraction of sp³-hybridized carbons (Fsp3) is 0.0154. The van der Waals surface area contributed by atoms with Gasteiger partial charge in [-0.2, -0.15) is 0 Å². The van der Waals surface area contributed by atoms with Crippen LogP contribution in [0.2, 0.25) is 0 Å². The van der Waals surface area contributed by atoms with Crippen LogP contribution in [0, 0.1) is 0 Å². The second-order valence-corrected chi connectivity index (χ2v) is 18.4. The molecule has 13 aromatic rings. The summed E-state index contributed by atoms with van der Waals surface area (Å²) in [6.07, 6.45) is 0. The standard InChI is InChI=1S/C65H39N3/c1-2-19-44(20-3-1)68-59-32-15-11-26-51(59)54-38-41(34-36-60(54)68)40-17-16-18-42(37-40)61-62(67-64-53-28-7-5-22-46(53)45-21-4-6-27-52(45)63(64)66-61)43-33-35-50-49-25-10-14-31-57(49)65(58(50)39-43)55-29-12-8-23-47(55)48-24-9-13-30-56(48)65/h1-39H. The summed E-state index contributed by atoms with van der Waals surface area (Å²) in [6, 6.07) is 86.6. The lowest BCUT2D eigenvalue weighted by molar-refractivity contribution is 0.794. The molecular weight excluding hydrogens is 823 g/mol. The first-order valence-electron chi connectivity index (χ1n) is 23.5. The van der Waals surface area contributed by atoms with Crippen LogP contribution in [0.5, 0.6) is 0 Å². The summed E-state index contributed by atoms with van der Waals surface area (Å²) in [7, 11) is 0. The van der Waals surface area contributed by atoms with Crippen molar-refractivity contribution in [3.05, 3.63) is 259 Å². The van der Waals surface area contributed by atoms with E-state index in [-0.39, 0.29) is 0 Å². The van der Waals surface area contributed by atoms with Crippen LogP contribution in [-0.4, -0.2) is 14.5 Å². The molecule has 3 heteroatoms. The molecule has 2 aliphatic rings. The number of para-hydroxylation sites is 2. The maximum atomic E-state index is 5.82. The lowest BCUT2D eigenvalue weighted by atomic mass is 9.70. The van der Waals surface area contributed by atoms with Crippen molar-refractivity contribution in [1.29, 1.82) is 0 Å². The Morgan fingerprint density at radius 2 is 0.735 bits per heavy atom. The Labute approximate surface area is 392 Å². The highest BCUT2D eigenvalue weighted by atomic mass is 15.0. The highest BCUT2D eigenvalue weighted by Gasteiger charge is 2.51. The molecule has 0 aliphatic heterocycles. The lowest BCUT2D eigenvalue weighted by Crippen LogP contribution is -2.25. The van der Waals surface area contributed by atoms with Crippen LogP contribution in [0.15, 0.2) is 237 Å². The van der Waals surface area contributed by atoms with E-state index in [2.05, 4.69) is 241 Å². The maximum absolute atomic E-state index is 5.82. The molecule has 0 amide bonds. The molecule has 0 unspecified atom stereocenters. The molecule has 0 radical (unpaired) electrons. The summed E-state index contributed by atoms with van der Waals surface area (Å²) < 4.78 is 2.37. The number of rotatable bonds is 4. The third-order valence-corrected chi connectivity index (χ3v) is 15.0. The first kappa shape index (κ1) is 37.3. The maximum Gasteiger partial charge on any atom is 0.0979 e. The topological polar surface area (TPSA) is 30.7 Å². The Morgan fingerprint density at radius 3 is 1.37 bits per heavy atom. The first-order valence-corrected chi connectivity index (χ1v) is 23.5. The van der Waals surface area contributed by atoms with Gasteiger partial charge in [-0.1, -0.05) is 194 Å². The van der Waals surface area contributed by atoms with E-state index in [0.717, 1.165) is 61.1 Å². The molecule has 314 valence electrons. The molecule has 15 rings (SSSR count). The van der Waals surface area contributed by atoms with Gasteiger partial charge in [0.2, 0.25) is 0 Å². The third-order valence-electron chi connectivity index (χ3n) is 15.0. The molecule has 0 N–H and O–H groups in total. The van der Waals surface area contributed by atoms with Gasteiger partial charge in [0.15, 0.2) is 0 Å². The molecule has 0 bridgehead atoms. The fourth-order valence-electron chi connectivity index (χ4n) is 12.2.